The fourth-order valence-corrected chi connectivity index (χ4v) is 5.22. The van der Waals surface area contributed by atoms with E-state index in [0.717, 1.165) is 11.7 Å². The third kappa shape index (κ3) is 2.54. The molecule has 4 aromatic rings. The highest BCUT2D eigenvalue weighted by atomic mass is 32.2. The number of amidine groups is 1. The molecule has 1 atom stereocenters. The van der Waals surface area contributed by atoms with Gasteiger partial charge in [0.25, 0.3) is 0 Å². The fraction of sp³-hybridized carbons (Fsp3) is 0.0800. The first-order chi connectivity index (χ1) is 13.8. The zero-order valence-electron chi connectivity index (χ0n) is 15.2. The van der Waals surface area contributed by atoms with Gasteiger partial charge in [-0.3, -0.25) is 4.99 Å². The van der Waals surface area contributed by atoms with Gasteiger partial charge in [-0.05, 0) is 50.5 Å². The van der Waals surface area contributed by atoms with E-state index in [1.54, 1.807) is 11.8 Å². The Morgan fingerprint density at radius 1 is 0.786 bits per heavy atom. The summed E-state index contributed by atoms with van der Waals surface area (Å²) in [5, 5.41) is 6.26. The molecule has 0 aromatic heterocycles. The van der Waals surface area contributed by atoms with Crippen LogP contribution in [-0.2, 0) is 0 Å². The van der Waals surface area contributed by atoms with Crippen molar-refractivity contribution in [2.24, 2.45) is 4.99 Å². The van der Waals surface area contributed by atoms with Crippen LogP contribution >= 0.6 is 11.8 Å². The van der Waals surface area contributed by atoms with E-state index in [0.29, 0.717) is 0 Å². The minimum atomic E-state index is 0.206. The summed E-state index contributed by atoms with van der Waals surface area (Å²) in [4.78, 5) is 8.63. The summed E-state index contributed by atoms with van der Waals surface area (Å²) < 4.78 is 0. The highest BCUT2D eigenvalue weighted by molar-refractivity contribution is 8.22. The molecule has 0 spiro atoms. The van der Waals surface area contributed by atoms with Crippen LogP contribution in [-0.4, -0.2) is 16.6 Å². The van der Waals surface area contributed by atoms with Crippen LogP contribution in [0, 0.1) is 0 Å². The Bertz CT molecular complexity index is 1280. The standard InChI is InChI=1S/C25H18N2S/c1-2-8-19-14-20(13-12-17(19)6-1)23-15-27-16-24(28-25(27)26-23)22-11-5-9-18-7-3-4-10-21(18)22/h1-14,16,23H,15H2. The normalized spacial score (nSPS) is 18.4. The van der Waals surface area contributed by atoms with E-state index in [1.165, 1.54) is 37.6 Å². The molecule has 3 heteroatoms. The van der Waals surface area contributed by atoms with Crippen LogP contribution < -0.4 is 0 Å². The van der Waals surface area contributed by atoms with Crippen molar-refractivity contribution in [1.82, 2.24) is 4.90 Å². The SMILES string of the molecule is C1=C(c2cccc3ccccc23)SC2=NC(c3ccc4ccccc4c3)CN12. The number of nitrogens with zero attached hydrogens (tertiary/aromatic N) is 2. The summed E-state index contributed by atoms with van der Waals surface area (Å²) in [5.41, 5.74) is 2.59. The molecular formula is C25H18N2S. The predicted octanol–water partition coefficient (Wildman–Crippen LogP) is 6.45. The van der Waals surface area contributed by atoms with Crippen LogP contribution in [0.2, 0.25) is 0 Å². The first-order valence-corrected chi connectivity index (χ1v) is 10.4. The lowest BCUT2D eigenvalue weighted by molar-refractivity contribution is 0.559. The summed E-state index contributed by atoms with van der Waals surface area (Å²) in [6, 6.07) is 30.6. The molecule has 1 unspecified atom stereocenters. The smallest absolute Gasteiger partial charge is 0.169 e. The molecule has 0 amide bonds. The second-order valence-corrected chi connectivity index (χ2v) is 8.32. The topological polar surface area (TPSA) is 15.6 Å². The van der Waals surface area contributed by atoms with E-state index in [1.807, 2.05) is 0 Å². The molecule has 6 rings (SSSR count). The molecule has 0 saturated carbocycles. The summed E-state index contributed by atoms with van der Waals surface area (Å²) in [6.45, 7) is 0.912. The molecule has 0 aliphatic carbocycles. The Kier molecular flexibility index (Phi) is 3.56. The third-order valence-corrected chi connectivity index (χ3v) is 6.64. The van der Waals surface area contributed by atoms with Crippen LogP contribution in [0.4, 0.5) is 0 Å². The number of thioether (sulfide) groups is 1. The van der Waals surface area contributed by atoms with Crippen molar-refractivity contribution in [3.8, 4) is 0 Å². The van der Waals surface area contributed by atoms with E-state index in [2.05, 4.69) is 96.0 Å². The van der Waals surface area contributed by atoms with E-state index < -0.39 is 0 Å². The third-order valence-electron chi connectivity index (χ3n) is 5.57. The Hall–Kier alpha value is -3.04. The first-order valence-electron chi connectivity index (χ1n) is 9.56. The van der Waals surface area contributed by atoms with Crippen LogP contribution in [0.15, 0.2) is 96.1 Å². The van der Waals surface area contributed by atoms with Gasteiger partial charge in [-0.1, -0.05) is 78.9 Å². The van der Waals surface area contributed by atoms with Crippen LogP contribution in [0.1, 0.15) is 17.2 Å². The maximum atomic E-state index is 5.04. The van der Waals surface area contributed by atoms with Crippen molar-refractivity contribution < 1.29 is 0 Å². The van der Waals surface area contributed by atoms with Gasteiger partial charge in [-0.25, -0.2) is 0 Å². The molecule has 0 fully saturated rings. The zero-order valence-corrected chi connectivity index (χ0v) is 16.1. The van der Waals surface area contributed by atoms with E-state index >= 15 is 0 Å². The van der Waals surface area contributed by atoms with Gasteiger partial charge >= 0.3 is 0 Å². The molecule has 0 bridgehead atoms. The predicted molar refractivity (Wildman–Crippen MR) is 120 cm³/mol. The van der Waals surface area contributed by atoms with E-state index in [4.69, 9.17) is 4.99 Å². The minimum Gasteiger partial charge on any atom is -0.324 e. The van der Waals surface area contributed by atoms with E-state index in [-0.39, 0.29) is 6.04 Å². The molecule has 2 aliphatic heterocycles. The maximum absolute atomic E-state index is 5.04. The fourth-order valence-electron chi connectivity index (χ4n) is 4.13. The van der Waals surface area contributed by atoms with Crippen molar-refractivity contribution in [2.75, 3.05) is 6.54 Å². The number of rotatable bonds is 2. The number of hydrogen-bond donors (Lipinski definition) is 0. The van der Waals surface area contributed by atoms with Crippen LogP contribution in [0.5, 0.6) is 0 Å². The molecule has 28 heavy (non-hydrogen) atoms. The Morgan fingerprint density at radius 3 is 2.46 bits per heavy atom. The zero-order chi connectivity index (χ0) is 18.5. The van der Waals surface area contributed by atoms with Gasteiger partial charge in [-0.2, -0.15) is 0 Å². The van der Waals surface area contributed by atoms with Gasteiger partial charge in [0.05, 0.1) is 12.6 Å². The summed E-state index contributed by atoms with van der Waals surface area (Å²) >= 11 is 1.79. The van der Waals surface area contributed by atoms with Gasteiger partial charge in [0, 0.05) is 11.1 Å². The Labute approximate surface area is 168 Å². The average molecular weight is 379 g/mol. The molecule has 2 nitrogen and oxygen atoms in total. The van der Waals surface area contributed by atoms with Crippen LogP contribution in [0.25, 0.3) is 26.5 Å². The summed E-state index contributed by atoms with van der Waals surface area (Å²) in [7, 11) is 0. The number of benzene rings is 4. The van der Waals surface area contributed by atoms with Crippen molar-refractivity contribution in [1.29, 1.82) is 0 Å². The first kappa shape index (κ1) is 16.0. The van der Waals surface area contributed by atoms with Crippen molar-refractivity contribution >= 4 is 43.4 Å². The lowest BCUT2D eigenvalue weighted by Gasteiger charge is -2.12. The average Bonchev–Trinajstić information content (AvgIpc) is 3.32. The van der Waals surface area contributed by atoms with Crippen molar-refractivity contribution in [3.63, 3.8) is 0 Å². The molecule has 0 radical (unpaired) electrons. The molecule has 134 valence electrons. The lowest BCUT2D eigenvalue weighted by Crippen LogP contribution is -2.16. The van der Waals surface area contributed by atoms with Gasteiger partial charge in [-0.15, -0.1) is 0 Å². The lowest BCUT2D eigenvalue weighted by atomic mass is 10.0. The largest absolute Gasteiger partial charge is 0.324 e. The second kappa shape index (κ2) is 6.25. The second-order valence-electron chi connectivity index (χ2n) is 7.31. The highest BCUT2D eigenvalue weighted by Gasteiger charge is 2.31. The molecule has 0 saturated heterocycles. The van der Waals surface area contributed by atoms with E-state index in [9.17, 15) is 0 Å². The van der Waals surface area contributed by atoms with Gasteiger partial charge in [0.2, 0.25) is 0 Å². The molecule has 2 aliphatic rings. The van der Waals surface area contributed by atoms with Crippen molar-refractivity contribution in [3.05, 3.63) is 102 Å². The molecule has 0 N–H and O–H groups in total. The number of fused-ring (bicyclic) bond motifs is 3. The van der Waals surface area contributed by atoms with Crippen LogP contribution in [0.3, 0.4) is 0 Å². The molecule has 4 aromatic carbocycles. The summed E-state index contributed by atoms with van der Waals surface area (Å²) in [5.74, 6) is 0. The maximum Gasteiger partial charge on any atom is 0.169 e. The van der Waals surface area contributed by atoms with Gasteiger partial charge in [0.1, 0.15) is 0 Å². The quantitative estimate of drug-likeness (QED) is 0.398. The monoisotopic (exact) mass is 378 g/mol. The number of aliphatic imine (C=N–C) groups is 1. The minimum absolute atomic E-state index is 0.206. The molecule has 2 heterocycles. The number of hydrogen-bond acceptors (Lipinski definition) is 3. The highest BCUT2D eigenvalue weighted by Crippen LogP contribution is 2.43. The molecular weight excluding hydrogens is 360 g/mol. The summed E-state index contributed by atoms with van der Waals surface area (Å²) in [6.07, 6.45) is 2.27. The van der Waals surface area contributed by atoms with Gasteiger partial charge < -0.3 is 4.90 Å². The Balaban J connectivity index is 1.31. The van der Waals surface area contributed by atoms with Crippen molar-refractivity contribution in [2.45, 2.75) is 6.04 Å². The Morgan fingerprint density at radius 2 is 1.57 bits per heavy atom. The van der Waals surface area contributed by atoms with Gasteiger partial charge in [0.15, 0.2) is 5.17 Å².